The van der Waals surface area contributed by atoms with E-state index in [1.807, 2.05) is 18.2 Å². The summed E-state index contributed by atoms with van der Waals surface area (Å²) in [6.07, 6.45) is 0.859. The number of carbonyl (C=O) groups is 1. The van der Waals surface area contributed by atoms with Crippen LogP contribution in [0, 0.1) is 16.7 Å². The monoisotopic (exact) mass is 258 g/mol. The zero-order valence-corrected chi connectivity index (χ0v) is 10.7. The van der Waals surface area contributed by atoms with Gasteiger partial charge in [0.25, 0.3) is 5.91 Å². The fraction of sp³-hybridized carbons (Fsp3) is 0.429. The number of fused-ring (bicyclic) bond motifs is 1. The number of nitrogens with zero attached hydrogens (tertiary/aromatic N) is 2. The molecule has 98 valence electrons. The summed E-state index contributed by atoms with van der Waals surface area (Å²) in [4.78, 5) is 13.9. The number of hydrogen-bond acceptors (Lipinski definition) is 4. The molecule has 1 saturated heterocycles. The van der Waals surface area contributed by atoms with Crippen molar-refractivity contribution < 1.29 is 14.3 Å². The highest BCUT2D eigenvalue weighted by Gasteiger charge is 2.48. The predicted molar refractivity (Wildman–Crippen MR) is 67.9 cm³/mol. The molecule has 0 atom stereocenters. The molecule has 0 saturated carbocycles. The molecule has 1 aromatic carbocycles. The highest BCUT2D eigenvalue weighted by atomic mass is 16.5. The van der Waals surface area contributed by atoms with Gasteiger partial charge in [-0.3, -0.25) is 4.79 Å². The molecule has 5 nitrogen and oxygen atoms in total. The van der Waals surface area contributed by atoms with E-state index >= 15 is 0 Å². The normalized spacial score (nSPS) is 18.7. The average Bonchev–Trinajstić information content (AvgIpc) is 2.84. The van der Waals surface area contributed by atoms with Crippen LogP contribution in [-0.2, 0) is 16.0 Å². The van der Waals surface area contributed by atoms with Crippen LogP contribution in [0.3, 0.4) is 0 Å². The molecule has 2 aliphatic rings. The molecule has 3 rings (SSSR count). The standard InChI is InChI=1S/C14H14N2O3/c1-16(13(17)14(7-15)8-18-9-14)11-2-3-12-10(6-11)4-5-19-12/h2-3,6H,4-5,8-9H2,1H3. The van der Waals surface area contributed by atoms with E-state index in [1.165, 1.54) is 4.90 Å². The summed E-state index contributed by atoms with van der Waals surface area (Å²) in [5.41, 5.74) is 0.883. The van der Waals surface area contributed by atoms with Gasteiger partial charge >= 0.3 is 0 Å². The van der Waals surface area contributed by atoms with Crippen LogP contribution in [0.5, 0.6) is 5.75 Å². The van der Waals surface area contributed by atoms with E-state index < -0.39 is 5.41 Å². The third-order valence-corrected chi connectivity index (χ3v) is 3.69. The molecule has 1 amide bonds. The number of nitriles is 1. The summed E-state index contributed by atoms with van der Waals surface area (Å²) in [6.45, 7) is 1.05. The van der Waals surface area contributed by atoms with Gasteiger partial charge in [0, 0.05) is 19.2 Å². The zero-order valence-electron chi connectivity index (χ0n) is 10.7. The van der Waals surface area contributed by atoms with E-state index in [-0.39, 0.29) is 19.1 Å². The third kappa shape index (κ3) is 1.76. The molecule has 1 aromatic rings. The first-order chi connectivity index (χ1) is 9.16. The number of anilines is 1. The minimum absolute atomic E-state index is 0.181. The lowest BCUT2D eigenvalue weighted by molar-refractivity contribution is -0.146. The van der Waals surface area contributed by atoms with Crippen molar-refractivity contribution in [3.8, 4) is 11.8 Å². The first kappa shape index (κ1) is 12.0. The first-order valence-electron chi connectivity index (χ1n) is 6.19. The van der Waals surface area contributed by atoms with Crippen molar-refractivity contribution in [3.05, 3.63) is 23.8 Å². The van der Waals surface area contributed by atoms with Crippen molar-refractivity contribution in [2.45, 2.75) is 6.42 Å². The third-order valence-electron chi connectivity index (χ3n) is 3.69. The van der Waals surface area contributed by atoms with Crippen LogP contribution < -0.4 is 9.64 Å². The fourth-order valence-corrected chi connectivity index (χ4v) is 2.36. The van der Waals surface area contributed by atoms with E-state index in [2.05, 4.69) is 6.07 Å². The second kappa shape index (κ2) is 4.25. The average molecular weight is 258 g/mol. The number of rotatable bonds is 2. The largest absolute Gasteiger partial charge is 0.493 e. The number of hydrogen-bond donors (Lipinski definition) is 0. The minimum Gasteiger partial charge on any atom is -0.493 e. The molecule has 19 heavy (non-hydrogen) atoms. The van der Waals surface area contributed by atoms with Crippen molar-refractivity contribution >= 4 is 11.6 Å². The highest BCUT2D eigenvalue weighted by Crippen LogP contribution is 2.33. The van der Waals surface area contributed by atoms with Crippen molar-refractivity contribution in [2.75, 3.05) is 31.8 Å². The van der Waals surface area contributed by atoms with Gasteiger partial charge in [0.05, 0.1) is 25.9 Å². The van der Waals surface area contributed by atoms with E-state index in [4.69, 9.17) is 14.7 Å². The summed E-state index contributed by atoms with van der Waals surface area (Å²) in [7, 11) is 1.69. The summed E-state index contributed by atoms with van der Waals surface area (Å²) >= 11 is 0. The summed E-state index contributed by atoms with van der Waals surface area (Å²) in [5, 5.41) is 9.16. The Labute approximate surface area is 111 Å². The minimum atomic E-state index is -1.01. The van der Waals surface area contributed by atoms with Gasteiger partial charge in [0.1, 0.15) is 5.75 Å². The van der Waals surface area contributed by atoms with E-state index in [9.17, 15) is 4.79 Å². The molecule has 0 aliphatic carbocycles. The van der Waals surface area contributed by atoms with Crippen molar-refractivity contribution in [2.24, 2.45) is 5.41 Å². The van der Waals surface area contributed by atoms with E-state index in [0.29, 0.717) is 6.61 Å². The second-order valence-electron chi connectivity index (χ2n) is 4.94. The molecule has 0 unspecified atom stereocenters. The lowest BCUT2D eigenvalue weighted by Gasteiger charge is -2.36. The number of amides is 1. The van der Waals surface area contributed by atoms with Crippen molar-refractivity contribution in [1.82, 2.24) is 0 Å². The molecular weight excluding hydrogens is 244 g/mol. The maximum Gasteiger partial charge on any atom is 0.252 e. The van der Waals surface area contributed by atoms with Gasteiger partial charge in [0.2, 0.25) is 0 Å². The van der Waals surface area contributed by atoms with E-state index in [1.54, 1.807) is 7.05 Å². The molecule has 0 aromatic heterocycles. The van der Waals surface area contributed by atoms with Crippen LogP contribution in [0.25, 0.3) is 0 Å². The second-order valence-corrected chi connectivity index (χ2v) is 4.94. The topological polar surface area (TPSA) is 62.6 Å². The van der Waals surface area contributed by atoms with Gasteiger partial charge in [-0.1, -0.05) is 0 Å². The van der Waals surface area contributed by atoms with Gasteiger partial charge < -0.3 is 14.4 Å². The summed E-state index contributed by atoms with van der Waals surface area (Å²) in [5.74, 6) is 0.673. The molecule has 5 heteroatoms. The summed E-state index contributed by atoms with van der Waals surface area (Å²) in [6, 6.07) is 7.74. The van der Waals surface area contributed by atoms with Gasteiger partial charge in [-0.15, -0.1) is 0 Å². The maximum atomic E-state index is 12.4. The molecule has 0 N–H and O–H groups in total. The van der Waals surface area contributed by atoms with Gasteiger partial charge in [-0.25, -0.2) is 0 Å². The van der Waals surface area contributed by atoms with Crippen LogP contribution in [-0.4, -0.2) is 32.8 Å². The molecule has 1 fully saturated rings. The lowest BCUT2D eigenvalue weighted by Crippen LogP contribution is -2.53. The quantitative estimate of drug-likeness (QED) is 0.797. The molecule has 2 heterocycles. The van der Waals surface area contributed by atoms with Gasteiger partial charge in [-0.2, -0.15) is 5.26 Å². The van der Waals surface area contributed by atoms with Crippen LogP contribution in [0.1, 0.15) is 5.56 Å². The Morgan fingerprint density at radius 1 is 1.47 bits per heavy atom. The Hall–Kier alpha value is -2.06. The van der Waals surface area contributed by atoms with Crippen LogP contribution >= 0.6 is 0 Å². The predicted octanol–water partition coefficient (Wildman–Crippen LogP) is 1.12. The maximum absolute atomic E-state index is 12.4. The molecule has 0 bridgehead atoms. The van der Waals surface area contributed by atoms with E-state index in [0.717, 1.165) is 23.4 Å². The highest BCUT2D eigenvalue weighted by molar-refractivity contribution is 5.99. The summed E-state index contributed by atoms with van der Waals surface area (Å²) < 4.78 is 10.5. The first-order valence-corrected chi connectivity index (χ1v) is 6.19. The Kier molecular flexibility index (Phi) is 2.68. The number of carbonyl (C=O) groups excluding carboxylic acids is 1. The van der Waals surface area contributed by atoms with Gasteiger partial charge in [-0.05, 0) is 23.8 Å². The number of benzene rings is 1. The van der Waals surface area contributed by atoms with Crippen molar-refractivity contribution in [1.29, 1.82) is 5.26 Å². The van der Waals surface area contributed by atoms with Crippen LogP contribution in [0.15, 0.2) is 18.2 Å². The van der Waals surface area contributed by atoms with Crippen molar-refractivity contribution in [3.63, 3.8) is 0 Å². The van der Waals surface area contributed by atoms with Crippen LogP contribution in [0.2, 0.25) is 0 Å². The SMILES string of the molecule is CN(C(=O)C1(C#N)COC1)c1ccc2c(c1)CCO2. The fourth-order valence-electron chi connectivity index (χ4n) is 2.36. The number of ether oxygens (including phenoxy) is 2. The molecule has 2 aliphatic heterocycles. The Morgan fingerprint density at radius 3 is 2.89 bits per heavy atom. The Morgan fingerprint density at radius 2 is 2.26 bits per heavy atom. The van der Waals surface area contributed by atoms with Crippen LogP contribution in [0.4, 0.5) is 5.69 Å². The molecule has 0 radical (unpaired) electrons. The Balaban J connectivity index is 1.86. The van der Waals surface area contributed by atoms with Gasteiger partial charge in [0.15, 0.2) is 5.41 Å². The molecule has 0 spiro atoms. The lowest BCUT2D eigenvalue weighted by atomic mass is 9.86. The zero-order chi connectivity index (χ0) is 13.5. The smallest absolute Gasteiger partial charge is 0.252 e. The Bertz CT molecular complexity index is 573. The molecular formula is C14H14N2O3.